The van der Waals surface area contributed by atoms with Crippen LogP contribution in [0.4, 0.5) is 0 Å². The highest BCUT2D eigenvalue weighted by atomic mass is 16.5. The Morgan fingerprint density at radius 1 is 1.00 bits per heavy atom. The van der Waals surface area contributed by atoms with Gasteiger partial charge in [-0.3, -0.25) is 4.79 Å². The van der Waals surface area contributed by atoms with Crippen LogP contribution in [0.15, 0.2) is 72.8 Å². The Hall–Kier alpha value is -3.60. The van der Waals surface area contributed by atoms with E-state index in [1.54, 1.807) is 31.4 Å². The van der Waals surface area contributed by atoms with Gasteiger partial charge in [0, 0.05) is 12.1 Å². The molecule has 0 spiro atoms. The molecule has 2 unspecified atom stereocenters. The number of carbonyl (C=O) groups is 1. The molecule has 0 saturated carbocycles. The fourth-order valence-electron chi connectivity index (χ4n) is 4.05. The largest absolute Gasteiger partial charge is 0.497 e. The zero-order valence-electron chi connectivity index (χ0n) is 19.7. The van der Waals surface area contributed by atoms with Crippen LogP contribution in [0.1, 0.15) is 66.5 Å². The number of benzene rings is 3. The fraction of sp³-hybridized carbons (Fsp3) is 0.286. The zero-order valence-corrected chi connectivity index (χ0v) is 19.7. The Kier molecular flexibility index (Phi) is 6.78. The molecule has 1 heterocycles. The predicted molar refractivity (Wildman–Crippen MR) is 133 cm³/mol. The fourth-order valence-corrected chi connectivity index (χ4v) is 4.05. The Morgan fingerprint density at radius 3 is 2.36 bits per heavy atom. The molecule has 5 nitrogen and oxygen atoms in total. The Bertz CT molecular complexity index is 1230. The van der Waals surface area contributed by atoms with Crippen molar-refractivity contribution in [1.29, 1.82) is 0 Å². The number of hydrogen-bond acceptors (Lipinski definition) is 3. The van der Waals surface area contributed by atoms with Crippen molar-refractivity contribution in [3.05, 3.63) is 95.3 Å². The maximum Gasteiger partial charge on any atom is 0.251 e. The normalized spacial score (nSPS) is 13.0. The lowest BCUT2D eigenvalue weighted by atomic mass is 9.97. The monoisotopic (exact) mass is 441 g/mol. The third-order valence-corrected chi connectivity index (χ3v) is 6.27. The Balaban J connectivity index is 1.60. The third kappa shape index (κ3) is 4.92. The number of amides is 1. The molecule has 0 aliphatic heterocycles. The predicted octanol–water partition coefficient (Wildman–Crippen LogP) is 6.10. The summed E-state index contributed by atoms with van der Waals surface area (Å²) in [5, 5.41) is 3.11. The lowest BCUT2D eigenvalue weighted by Gasteiger charge is -2.17. The molecule has 33 heavy (non-hydrogen) atoms. The summed E-state index contributed by atoms with van der Waals surface area (Å²) in [6.45, 7) is 7.14. The van der Waals surface area contributed by atoms with Crippen LogP contribution in [-0.2, 0) is 6.54 Å². The van der Waals surface area contributed by atoms with Crippen molar-refractivity contribution in [1.82, 2.24) is 14.9 Å². The van der Waals surface area contributed by atoms with Crippen molar-refractivity contribution in [2.75, 3.05) is 7.11 Å². The van der Waals surface area contributed by atoms with Gasteiger partial charge in [0.25, 0.3) is 5.91 Å². The minimum absolute atomic E-state index is 0.137. The van der Waals surface area contributed by atoms with Crippen LogP contribution in [0.25, 0.3) is 11.0 Å². The maximum atomic E-state index is 12.9. The van der Waals surface area contributed by atoms with Gasteiger partial charge in [0.05, 0.1) is 24.2 Å². The van der Waals surface area contributed by atoms with Gasteiger partial charge in [-0.2, -0.15) is 0 Å². The average Bonchev–Trinajstić information content (AvgIpc) is 3.22. The third-order valence-electron chi connectivity index (χ3n) is 6.27. The summed E-state index contributed by atoms with van der Waals surface area (Å²) in [6, 6.07) is 23.8. The Morgan fingerprint density at radius 2 is 1.70 bits per heavy atom. The first kappa shape index (κ1) is 22.6. The summed E-state index contributed by atoms with van der Waals surface area (Å²) >= 11 is 0. The lowest BCUT2D eigenvalue weighted by Crippen LogP contribution is -2.28. The van der Waals surface area contributed by atoms with Gasteiger partial charge in [0.2, 0.25) is 0 Å². The van der Waals surface area contributed by atoms with E-state index in [1.807, 2.05) is 25.1 Å². The molecular weight excluding hydrogens is 410 g/mol. The molecule has 5 heteroatoms. The number of carbonyl (C=O) groups excluding carboxylic acids is 1. The molecule has 1 aromatic heterocycles. The van der Waals surface area contributed by atoms with E-state index in [9.17, 15) is 4.79 Å². The van der Waals surface area contributed by atoms with E-state index in [0.717, 1.165) is 29.0 Å². The number of imidazole rings is 1. The minimum atomic E-state index is -0.258. The standard InChI is InChI=1S/C28H31N3O2/c1-5-19(2)22-12-10-21(11-13-22)18-31-26-9-7-6-8-25(26)30-27(31)20(3)29-28(32)23-14-16-24(33-4)17-15-23/h6-17,19-20H,5,18H2,1-4H3,(H,29,32). The van der Waals surface area contributed by atoms with Gasteiger partial charge < -0.3 is 14.6 Å². The maximum absolute atomic E-state index is 12.9. The van der Waals surface area contributed by atoms with Gasteiger partial charge in [0.1, 0.15) is 11.6 Å². The molecule has 170 valence electrons. The second kappa shape index (κ2) is 9.90. The van der Waals surface area contributed by atoms with Crippen molar-refractivity contribution in [2.45, 2.75) is 45.7 Å². The van der Waals surface area contributed by atoms with Crippen molar-refractivity contribution >= 4 is 16.9 Å². The van der Waals surface area contributed by atoms with Crippen molar-refractivity contribution in [3.8, 4) is 5.75 Å². The van der Waals surface area contributed by atoms with E-state index in [1.165, 1.54) is 11.1 Å². The summed E-state index contributed by atoms with van der Waals surface area (Å²) < 4.78 is 7.39. The topological polar surface area (TPSA) is 56.2 Å². The highest BCUT2D eigenvalue weighted by molar-refractivity contribution is 5.94. The zero-order chi connectivity index (χ0) is 23.4. The van der Waals surface area contributed by atoms with Gasteiger partial charge >= 0.3 is 0 Å². The van der Waals surface area contributed by atoms with Crippen LogP contribution >= 0.6 is 0 Å². The van der Waals surface area contributed by atoms with Crippen LogP contribution < -0.4 is 10.1 Å². The number of nitrogens with one attached hydrogen (secondary N) is 1. The number of rotatable bonds is 8. The molecule has 1 N–H and O–H groups in total. The summed E-state index contributed by atoms with van der Waals surface area (Å²) in [7, 11) is 1.61. The van der Waals surface area contributed by atoms with Gasteiger partial charge in [-0.05, 0) is 66.8 Å². The summed E-state index contributed by atoms with van der Waals surface area (Å²) in [5.74, 6) is 1.98. The molecule has 1 amide bonds. The van der Waals surface area contributed by atoms with E-state index >= 15 is 0 Å². The SMILES string of the molecule is CCC(C)c1ccc(Cn2c(C(C)NC(=O)c3ccc(OC)cc3)nc3ccccc32)cc1. The van der Waals surface area contributed by atoms with E-state index in [2.05, 4.69) is 54.1 Å². The van der Waals surface area contributed by atoms with Crippen LogP contribution in [0, 0.1) is 0 Å². The van der Waals surface area contributed by atoms with Gasteiger partial charge in [-0.1, -0.05) is 50.2 Å². The van der Waals surface area contributed by atoms with Gasteiger partial charge in [-0.25, -0.2) is 4.98 Å². The lowest BCUT2D eigenvalue weighted by molar-refractivity contribution is 0.0937. The summed E-state index contributed by atoms with van der Waals surface area (Å²) in [4.78, 5) is 17.7. The molecule has 4 rings (SSSR count). The van der Waals surface area contributed by atoms with E-state index in [4.69, 9.17) is 9.72 Å². The van der Waals surface area contributed by atoms with Crippen LogP contribution in [-0.4, -0.2) is 22.6 Å². The van der Waals surface area contributed by atoms with E-state index in [0.29, 0.717) is 18.0 Å². The molecule has 0 aliphatic carbocycles. The summed E-state index contributed by atoms with van der Waals surface area (Å²) in [6.07, 6.45) is 1.13. The second-order valence-electron chi connectivity index (χ2n) is 8.52. The second-order valence-corrected chi connectivity index (χ2v) is 8.52. The first-order valence-electron chi connectivity index (χ1n) is 11.5. The minimum Gasteiger partial charge on any atom is -0.497 e. The van der Waals surface area contributed by atoms with Gasteiger partial charge in [-0.15, -0.1) is 0 Å². The smallest absolute Gasteiger partial charge is 0.251 e. The van der Waals surface area contributed by atoms with E-state index in [-0.39, 0.29) is 11.9 Å². The van der Waals surface area contributed by atoms with E-state index < -0.39 is 0 Å². The number of fused-ring (bicyclic) bond motifs is 1. The van der Waals surface area contributed by atoms with Crippen LogP contribution in [0.5, 0.6) is 5.75 Å². The molecule has 0 bridgehead atoms. The molecule has 0 fully saturated rings. The number of ether oxygens (including phenoxy) is 1. The quantitative estimate of drug-likeness (QED) is 0.360. The Labute approximate surface area is 195 Å². The van der Waals surface area contributed by atoms with Crippen molar-refractivity contribution < 1.29 is 9.53 Å². The molecule has 0 saturated heterocycles. The highest BCUT2D eigenvalue weighted by Crippen LogP contribution is 2.24. The van der Waals surface area contributed by atoms with Crippen molar-refractivity contribution in [3.63, 3.8) is 0 Å². The number of para-hydroxylation sites is 2. The van der Waals surface area contributed by atoms with Gasteiger partial charge in [0.15, 0.2) is 0 Å². The number of methoxy groups -OCH3 is 1. The van der Waals surface area contributed by atoms with Crippen molar-refractivity contribution in [2.24, 2.45) is 0 Å². The molecule has 0 radical (unpaired) electrons. The van der Waals surface area contributed by atoms with Crippen LogP contribution in [0.2, 0.25) is 0 Å². The summed E-state index contributed by atoms with van der Waals surface area (Å²) in [5.41, 5.74) is 5.14. The first-order chi connectivity index (χ1) is 16.0. The number of nitrogens with zero attached hydrogens (tertiary/aromatic N) is 2. The molecule has 3 aromatic carbocycles. The van der Waals surface area contributed by atoms with Crippen LogP contribution in [0.3, 0.4) is 0 Å². The molecular formula is C28H31N3O2. The molecule has 0 aliphatic rings. The average molecular weight is 442 g/mol. The molecule has 4 aromatic rings. The number of aromatic nitrogens is 2. The molecule has 2 atom stereocenters. The highest BCUT2D eigenvalue weighted by Gasteiger charge is 2.19. The number of hydrogen-bond donors (Lipinski definition) is 1. The first-order valence-corrected chi connectivity index (χ1v) is 11.5.